The summed E-state index contributed by atoms with van der Waals surface area (Å²) < 4.78 is 4.13. The molecule has 0 saturated carbocycles. The fourth-order valence-corrected chi connectivity index (χ4v) is 0.425. The first-order valence-electron chi connectivity index (χ1n) is 3.44. The van der Waals surface area contributed by atoms with Gasteiger partial charge in [-0.25, -0.2) is 4.79 Å². The Balaban J connectivity index is 3.69. The van der Waals surface area contributed by atoms with Crippen LogP contribution in [0.1, 0.15) is 19.8 Å². The van der Waals surface area contributed by atoms with Gasteiger partial charge in [-0.3, -0.25) is 4.79 Å². The van der Waals surface area contributed by atoms with Gasteiger partial charge in [0.1, 0.15) is 12.4 Å². The lowest BCUT2D eigenvalue weighted by molar-refractivity contribution is -0.165. The Labute approximate surface area is 69.3 Å². The molecule has 5 nitrogen and oxygen atoms in total. The predicted octanol–water partition coefficient (Wildman–Crippen LogP) is -0.584. The molecule has 0 spiro atoms. The van der Waals surface area contributed by atoms with E-state index in [1.165, 1.54) is 6.92 Å². The Kier molecular flexibility index (Phi) is 4.87. The average molecular weight is 174 g/mol. The number of rotatable bonds is 4. The first-order valence-corrected chi connectivity index (χ1v) is 3.44. The number of esters is 2. The molecule has 0 aliphatic carbocycles. The molecule has 1 unspecified atom stereocenters. The van der Waals surface area contributed by atoms with Gasteiger partial charge in [0.2, 0.25) is 0 Å². The van der Waals surface area contributed by atoms with Gasteiger partial charge in [0.05, 0.1) is 6.42 Å². The van der Waals surface area contributed by atoms with Gasteiger partial charge in [-0.05, 0) is 6.92 Å². The molecule has 0 saturated heterocycles. The molecule has 68 valence electrons. The summed E-state index contributed by atoms with van der Waals surface area (Å²) in [7, 11) is 0. The molecule has 5 heteroatoms. The van der Waals surface area contributed by atoms with Crippen LogP contribution in [0.5, 0.6) is 0 Å². The molecule has 0 aromatic rings. The number of carbonyl (C=O) groups excluding carboxylic acids is 3. The van der Waals surface area contributed by atoms with E-state index in [-0.39, 0.29) is 12.8 Å². The summed E-state index contributed by atoms with van der Waals surface area (Å²) in [5.74, 6) is -1.79. The third-order valence-electron chi connectivity index (χ3n) is 1.02. The zero-order chi connectivity index (χ0) is 9.56. The van der Waals surface area contributed by atoms with Crippen molar-refractivity contribution in [2.24, 2.45) is 0 Å². The van der Waals surface area contributed by atoms with Crippen LogP contribution in [0.15, 0.2) is 0 Å². The maximum absolute atomic E-state index is 10.6. The van der Waals surface area contributed by atoms with E-state index in [1.54, 1.807) is 0 Å². The third kappa shape index (κ3) is 4.56. The van der Waals surface area contributed by atoms with Gasteiger partial charge in [0.25, 0.3) is 0 Å². The maximum Gasteiger partial charge on any atom is 0.342 e. The van der Waals surface area contributed by atoms with Crippen LogP contribution in [-0.2, 0) is 19.1 Å². The summed E-state index contributed by atoms with van der Waals surface area (Å²) in [6.45, 7) is 1.19. The first-order chi connectivity index (χ1) is 5.57. The first kappa shape index (κ1) is 10.8. The number of carbonyl (C=O) groups is 3. The van der Waals surface area contributed by atoms with Crippen LogP contribution < -0.4 is 0 Å². The molecule has 0 aromatic carbocycles. The monoisotopic (exact) mass is 174 g/mol. The SMILES string of the molecule is CC(O)C(=O)OC(=O)CCC=O. The highest BCUT2D eigenvalue weighted by Crippen LogP contribution is 1.93. The van der Waals surface area contributed by atoms with Crippen LogP contribution >= 0.6 is 0 Å². The van der Waals surface area contributed by atoms with E-state index in [0.717, 1.165) is 0 Å². The number of aldehydes is 1. The van der Waals surface area contributed by atoms with Gasteiger partial charge < -0.3 is 14.6 Å². The number of hydrogen-bond donors (Lipinski definition) is 1. The Morgan fingerprint density at radius 2 is 2.17 bits per heavy atom. The molecule has 0 radical (unpaired) electrons. The molecule has 0 heterocycles. The fourth-order valence-electron chi connectivity index (χ4n) is 0.425. The summed E-state index contributed by atoms with van der Waals surface area (Å²) >= 11 is 0. The molecule has 0 amide bonds. The molecule has 1 atom stereocenters. The topological polar surface area (TPSA) is 80.7 Å². The fraction of sp³-hybridized carbons (Fsp3) is 0.571. The van der Waals surface area contributed by atoms with Crippen molar-refractivity contribution < 1.29 is 24.2 Å². The van der Waals surface area contributed by atoms with Crippen molar-refractivity contribution in [1.29, 1.82) is 0 Å². The lowest BCUT2D eigenvalue weighted by atomic mass is 10.3. The van der Waals surface area contributed by atoms with Crippen molar-refractivity contribution in [3.63, 3.8) is 0 Å². The van der Waals surface area contributed by atoms with Gasteiger partial charge in [-0.1, -0.05) is 0 Å². The van der Waals surface area contributed by atoms with Crippen molar-refractivity contribution in [2.45, 2.75) is 25.9 Å². The van der Waals surface area contributed by atoms with Crippen LogP contribution in [0.2, 0.25) is 0 Å². The Morgan fingerprint density at radius 1 is 1.58 bits per heavy atom. The second-order valence-corrected chi connectivity index (χ2v) is 2.17. The van der Waals surface area contributed by atoms with Crippen molar-refractivity contribution in [2.75, 3.05) is 0 Å². The van der Waals surface area contributed by atoms with Gasteiger partial charge in [-0.2, -0.15) is 0 Å². The maximum atomic E-state index is 10.6. The van der Waals surface area contributed by atoms with E-state index in [0.29, 0.717) is 6.29 Å². The van der Waals surface area contributed by atoms with Gasteiger partial charge in [0, 0.05) is 6.42 Å². The van der Waals surface area contributed by atoms with E-state index < -0.39 is 18.0 Å². The minimum Gasteiger partial charge on any atom is -0.391 e. The Hall–Kier alpha value is -1.23. The standard InChI is InChI=1S/C7H10O5/c1-5(9)7(11)12-6(10)3-2-4-8/h4-5,9H,2-3H2,1H3. The molecule has 0 aliphatic heterocycles. The van der Waals surface area contributed by atoms with Crippen molar-refractivity contribution in [1.82, 2.24) is 0 Å². The third-order valence-corrected chi connectivity index (χ3v) is 1.02. The Bertz CT molecular complexity index is 184. The highest BCUT2D eigenvalue weighted by Gasteiger charge is 2.14. The minimum absolute atomic E-state index is 0.0198. The van der Waals surface area contributed by atoms with E-state index >= 15 is 0 Å². The smallest absolute Gasteiger partial charge is 0.342 e. The van der Waals surface area contributed by atoms with Crippen LogP contribution in [0.25, 0.3) is 0 Å². The quantitative estimate of drug-likeness (QED) is 0.350. The summed E-state index contributed by atoms with van der Waals surface area (Å²) in [6, 6.07) is 0. The molecule has 0 rings (SSSR count). The molecule has 1 N–H and O–H groups in total. The van der Waals surface area contributed by atoms with Crippen molar-refractivity contribution in [3.05, 3.63) is 0 Å². The van der Waals surface area contributed by atoms with Crippen LogP contribution in [0.3, 0.4) is 0 Å². The van der Waals surface area contributed by atoms with E-state index in [9.17, 15) is 14.4 Å². The number of aliphatic hydroxyl groups is 1. The predicted molar refractivity (Wildman–Crippen MR) is 38.1 cm³/mol. The highest BCUT2D eigenvalue weighted by molar-refractivity contribution is 5.88. The summed E-state index contributed by atoms with van der Waals surface area (Å²) in [4.78, 5) is 30.9. The second kappa shape index (κ2) is 5.42. The summed E-state index contributed by atoms with van der Waals surface area (Å²) in [5.41, 5.74) is 0. The van der Waals surface area contributed by atoms with E-state index in [2.05, 4.69) is 4.74 Å². The lowest BCUT2D eigenvalue weighted by Crippen LogP contribution is -2.22. The Morgan fingerprint density at radius 3 is 2.58 bits per heavy atom. The molecule has 0 aromatic heterocycles. The van der Waals surface area contributed by atoms with Crippen LogP contribution in [0, 0.1) is 0 Å². The molecular weight excluding hydrogens is 164 g/mol. The normalized spacial score (nSPS) is 11.8. The van der Waals surface area contributed by atoms with Crippen molar-refractivity contribution >= 4 is 18.2 Å². The van der Waals surface area contributed by atoms with Crippen LogP contribution in [0.4, 0.5) is 0 Å². The number of hydrogen-bond acceptors (Lipinski definition) is 5. The minimum atomic E-state index is -1.31. The zero-order valence-electron chi connectivity index (χ0n) is 6.65. The average Bonchev–Trinajstić information content (AvgIpc) is 2.00. The summed E-state index contributed by atoms with van der Waals surface area (Å²) in [6.07, 6.45) is -0.882. The van der Waals surface area contributed by atoms with E-state index in [1.807, 2.05) is 0 Å². The van der Waals surface area contributed by atoms with Crippen LogP contribution in [-0.4, -0.2) is 29.4 Å². The number of aliphatic hydroxyl groups excluding tert-OH is 1. The molecule has 0 fully saturated rings. The lowest BCUT2D eigenvalue weighted by Gasteiger charge is -2.02. The second-order valence-electron chi connectivity index (χ2n) is 2.17. The molecule has 0 bridgehead atoms. The molecule has 0 aliphatic rings. The van der Waals surface area contributed by atoms with Gasteiger partial charge in [0.15, 0.2) is 0 Å². The number of ether oxygens (including phenoxy) is 1. The van der Waals surface area contributed by atoms with Crippen molar-refractivity contribution in [3.8, 4) is 0 Å². The highest BCUT2D eigenvalue weighted by atomic mass is 16.6. The van der Waals surface area contributed by atoms with E-state index in [4.69, 9.17) is 5.11 Å². The molecule has 12 heavy (non-hydrogen) atoms. The van der Waals surface area contributed by atoms with Gasteiger partial charge >= 0.3 is 11.9 Å². The largest absolute Gasteiger partial charge is 0.391 e. The zero-order valence-corrected chi connectivity index (χ0v) is 6.65. The summed E-state index contributed by atoms with van der Waals surface area (Å²) in [5, 5.41) is 8.60. The molecular formula is C7H10O5. The van der Waals surface area contributed by atoms with Gasteiger partial charge in [-0.15, -0.1) is 0 Å².